The number of hydrogen-bond donors (Lipinski definition) is 2. The molecule has 2 N–H and O–H groups in total. The van der Waals surface area contributed by atoms with Gasteiger partial charge in [0.05, 0.1) is 26.4 Å². The largest absolute Gasteiger partial charge is 0.493 e. The molecule has 1 aromatic carbocycles. The van der Waals surface area contributed by atoms with E-state index in [1.165, 1.54) is 0 Å². The van der Waals surface area contributed by atoms with Crippen molar-refractivity contribution in [3.63, 3.8) is 0 Å². The summed E-state index contributed by atoms with van der Waals surface area (Å²) in [5.74, 6) is 1.60. The van der Waals surface area contributed by atoms with E-state index in [2.05, 4.69) is 38.7 Å². The zero-order valence-electron chi connectivity index (χ0n) is 22.1. The van der Waals surface area contributed by atoms with E-state index in [4.69, 9.17) is 9.47 Å². The number of carbonyl (C=O) groups is 2. The molecule has 2 amide bonds. The summed E-state index contributed by atoms with van der Waals surface area (Å²) in [6, 6.07) is 10.2. The minimum atomic E-state index is 0.0597. The van der Waals surface area contributed by atoms with Crippen molar-refractivity contribution in [1.82, 2.24) is 20.5 Å². The van der Waals surface area contributed by atoms with Crippen molar-refractivity contribution in [1.29, 1.82) is 0 Å². The molecule has 9 nitrogen and oxygen atoms in total. The molecule has 3 aliphatic heterocycles. The molecule has 38 heavy (non-hydrogen) atoms. The number of carbonyl (C=O) groups excluding carboxylic acids is 2. The first-order chi connectivity index (χ1) is 18.7. The molecule has 0 aliphatic carbocycles. The SMILES string of the molecule is O=C(C[C@@H]1CCN2C[C@@H]1CCCOc1ccc(N3CCOCC3)cc1CNCC2=O)NCc1cccnc1. The summed E-state index contributed by atoms with van der Waals surface area (Å²) >= 11 is 0. The Morgan fingerprint density at radius 1 is 1.08 bits per heavy atom. The van der Waals surface area contributed by atoms with Crippen molar-refractivity contribution in [2.75, 3.05) is 57.4 Å². The Morgan fingerprint density at radius 3 is 2.82 bits per heavy atom. The number of amides is 2. The van der Waals surface area contributed by atoms with Crippen LogP contribution in [0.5, 0.6) is 5.75 Å². The molecule has 2 saturated heterocycles. The maximum Gasteiger partial charge on any atom is 0.236 e. The average molecular weight is 522 g/mol. The molecule has 0 saturated carbocycles. The number of nitrogens with one attached hydrogen (secondary N) is 2. The van der Waals surface area contributed by atoms with E-state index in [0.29, 0.717) is 45.8 Å². The second-order valence-corrected chi connectivity index (χ2v) is 10.5. The number of hydrogen-bond acceptors (Lipinski definition) is 7. The number of nitrogens with zero attached hydrogens (tertiary/aromatic N) is 3. The first-order valence-electron chi connectivity index (χ1n) is 13.9. The van der Waals surface area contributed by atoms with Crippen molar-refractivity contribution in [3.8, 4) is 5.75 Å². The minimum Gasteiger partial charge on any atom is -0.493 e. The highest BCUT2D eigenvalue weighted by Gasteiger charge is 2.32. The van der Waals surface area contributed by atoms with Crippen LogP contribution in [0.4, 0.5) is 5.69 Å². The fourth-order valence-corrected chi connectivity index (χ4v) is 5.72. The van der Waals surface area contributed by atoms with Crippen molar-refractivity contribution in [2.45, 2.75) is 38.8 Å². The Bertz CT molecular complexity index is 1080. The predicted molar refractivity (Wildman–Crippen MR) is 145 cm³/mol. The van der Waals surface area contributed by atoms with E-state index in [9.17, 15) is 9.59 Å². The molecule has 4 heterocycles. The quantitative estimate of drug-likeness (QED) is 0.624. The molecule has 0 radical (unpaired) electrons. The molecule has 204 valence electrons. The number of piperidine rings is 1. The summed E-state index contributed by atoms with van der Waals surface area (Å²) in [5, 5.41) is 6.40. The van der Waals surface area contributed by atoms with Crippen LogP contribution in [0, 0.1) is 11.8 Å². The lowest BCUT2D eigenvalue weighted by molar-refractivity contribution is -0.133. The summed E-state index contributed by atoms with van der Waals surface area (Å²) in [7, 11) is 0. The zero-order valence-corrected chi connectivity index (χ0v) is 22.1. The maximum atomic E-state index is 13.1. The van der Waals surface area contributed by atoms with Crippen LogP contribution in [0.25, 0.3) is 0 Å². The third-order valence-corrected chi connectivity index (χ3v) is 7.89. The first kappa shape index (κ1) is 26.4. The molecule has 9 heteroatoms. The molecule has 2 aromatic rings. The molecule has 1 aromatic heterocycles. The minimum absolute atomic E-state index is 0.0597. The maximum absolute atomic E-state index is 13.1. The molecule has 0 spiro atoms. The van der Waals surface area contributed by atoms with E-state index in [-0.39, 0.29) is 23.7 Å². The van der Waals surface area contributed by atoms with E-state index >= 15 is 0 Å². The van der Waals surface area contributed by atoms with Crippen molar-refractivity contribution in [2.24, 2.45) is 11.8 Å². The van der Waals surface area contributed by atoms with Crippen LogP contribution in [0.3, 0.4) is 0 Å². The average Bonchev–Trinajstić information content (AvgIpc) is 2.97. The van der Waals surface area contributed by atoms with Gasteiger partial charge in [0.2, 0.25) is 11.8 Å². The Labute approximate surface area is 224 Å². The van der Waals surface area contributed by atoms with Gasteiger partial charge in [0.1, 0.15) is 5.75 Å². The number of aromatic nitrogens is 1. The summed E-state index contributed by atoms with van der Waals surface area (Å²) in [4.78, 5) is 34.2. The van der Waals surface area contributed by atoms with Gasteiger partial charge in [-0.2, -0.15) is 0 Å². The first-order valence-corrected chi connectivity index (χ1v) is 13.9. The fraction of sp³-hybridized carbons (Fsp3) is 0.552. The second kappa shape index (κ2) is 13.1. The highest BCUT2D eigenvalue weighted by Crippen LogP contribution is 2.31. The molecule has 2 bridgehead atoms. The fourth-order valence-electron chi connectivity index (χ4n) is 5.72. The second-order valence-electron chi connectivity index (χ2n) is 10.5. The number of benzene rings is 1. The van der Waals surface area contributed by atoms with Crippen LogP contribution >= 0.6 is 0 Å². The van der Waals surface area contributed by atoms with Crippen LogP contribution in [0.2, 0.25) is 0 Å². The highest BCUT2D eigenvalue weighted by molar-refractivity contribution is 5.79. The van der Waals surface area contributed by atoms with Gasteiger partial charge in [-0.05, 0) is 60.9 Å². The van der Waals surface area contributed by atoms with Crippen molar-refractivity contribution < 1.29 is 19.1 Å². The molecular formula is C29H39N5O4. The normalized spacial score (nSPS) is 22.8. The number of anilines is 1. The Hall–Kier alpha value is -3.17. The van der Waals surface area contributed by atoms with Crippen LogP contribution in [0.15, 0.2) is 42.7 Å². The number of fused-ring (bicyclic) bond motifs is 3. The van der Waals surface area contributed by atoms with Gasteiger partial charge in [-0.1, -0.05) is 6.07 Å². The van der Waals surface area contributed by atoms with E-state index in [0.717, 1.165) is 68.1 Å². The molecule has 3 aliphatic rings. The van der Waals surface area contributed by atoms with Gasteiger partial charge in [0.25, 0.3) is 0 Å². The lowest BCUT2D eigenvalue weighted by Gasteiger charge is -2.38. The van der Waals surface area contributed by atoms with Gasteiger partial charge >= 0.3 is 0 Å². The molecule has 0 unspecified atom stereocenters. The number of pyridine rings is 1. The van der Waals surface area contributed by atoms with Crippen molar-refractivity contribution in [3.05, 3.63) is 53.9 Å². The predicted octanol–water partition coefficient (Wildman–Crippen LogP) is 2.35. The molecule has 5 rings (SSSR count). The van der Waals surface area contributed by atoms with Crippen LogP contribution < -0.4 is 20.3 Å². The highest BCUT2D eigenvalue weighted by atomic mass is 16.5. The van der Waals surface area contributed by atoms with Crippen LogP contribution in [0.1, 0.15) is 36.8 Å². The van der Waals surface area contributed by atoms with Crippen LogP contribution in [-0.2, 0) is 27.4 Å². The van der Waals surface area contributed by atoms with Crippen molar-refractivity contribution >= 4 is 17.5 Å². The van der Waals surface area contributed by atoms with E-state index in [1.807, 2.05) is 17.0 Å². The van der Waals surface area contributed by atoms with Gasteiger partial charge < -0.3 is 29.9 Å². The Balaban J connectivity index is 1.21. The number of ether oxygens (including phenoxy) is 2. The van der Waals surface area contributed by atoms with Gasteiger partial charge in [0, 0.05) is 69.3 Å². The summed E-state index contributed by atoms with van der Waals surface area (Å²) in [6.07, 6.45) is 6.65. The Morgan fingerprint density at radius 2 is 1.97 bits per heavy atom. The lowest BCUT2D eigenvalue weighted by atomic mass is 9.80. The van der Waals surface area contributed by atoms with Gasteiger partial charge in [-0.15, -0.1) is 0 Å². The molecule has 2 fully saturated rings. The smallest absolute Gasteiger partial charge is 0.236 e. The van der Waals surface area contributed by atoms with E-state index < -0.39 is 0 Å². The van der Waals surface area contributed by atoms with Crippen LogP contribution in [-0.4, -0.2) is 74.2 Å². The lowest BCUT2D eigenvalue weighted by Crippen LogP contribution is -2.47. The number of rotatable bonds is 5. The molecule has 2 atom stereocenters. The van der Waals surface area contributed by atoms with Gasteiger partial charge in [-0.25, -0.2) is 0 Å². The summed E-state index contributed by atoms with van der Waals surface area (Å²) in [5.41, 5.74) is 3.23. The van der Waals surface area contributed by atoms with E-state index in [1.54, 1.807) is 12.4 Å². The topological polar surface area (TPSA) is 96.0 Å². The molecular weight excluding hydrogens is 482 g/mol. The monoisotopic (exact) mass is 521 g/mol. The number of morpholine rings is 1. The third-order valence-electron chi connectivity index (χ3n) is 7.89. The summed E-state index contributed by atoms with van der Waals surface area (Å²) in [6.45, 7) is 6.63. The van der Waals surface area contributed by atoms with Gasteiger partial charge in [-0.3, -0.25) is 14.6 Å². The standard InChI is InChI=1S/C29H39N5O4/c35-28(32-18-22-3-1-8-30-17-22)16-23-7-9-34-21-24(23)4-2-12-38-27-6-5-26(33-10-13-37-14-11-33)15-25(27)19-31-20-29(34)36/h1,3,5-6,8,15,17,23-24,31H,2,4,7,9-14,16,18-21H2,(H,32,35)/t23-,24-/m0/s1. The zero-order chi connectivity index (χ0) is 26.2. The summed E-state index contributed by atoms with van der Waals surface area (Å²) < 4.78 is 11.7. The Kier molecular flexibility index (Phi) is 9.09. The van der Waals surface area contributed by atoms with Gasteiger partial charge in [0.15, 0.2) is 0 Å². The third kappa shape index (κ3) is 7.02.